The number of carbonyl (C=O) groups is 2. The fourth-order valence-corrected chi connectivity index (χ4v) is 3.48. The van der Waals surface area contributed by atoms with Crippen molar-refractivity contribution in [2.45, 2.75) is 12.8 Å². The summed E-state index contributed by atoms with van der Waals surface area (Å²) in [6, 6.07) is 5.37. The topological polar surface area (TPSA) is 55.9 Å². The molecule has 0 spiro atoms. The molecule has 2 fully saturated rings. The molecule has 0 aliphatic carbocycles. The molecule has 3 amide bonds. The maximum absolute atomic E-state index is 12.2. The third kappa shape index (κ3) is 4.50. The van der Waals surface area contributed by atoms with Gasteiger partial charge in [-0.2, -0.15) is 0 Å². The second-order valence-electron chi connectivity index (χ2n) is 6.32. The summed E-state index contributed by atoms with van der Waals surface area (Å²) in [7, 11) is 0. The molecule has 3 rings (SSSR count). The number of nitrogens with zero attached hydrogens (tertiary/aromatic N) is 3. The van der Waals surface area contributed by atoms with Crippen LogP contribution in [0.2, 0.25) is 10.0 Å². The highest BCUT2D eigenvalue weighted by atomic mass is 35.5. The summed E-state index contributed by atoms with van der Waals surface area (Å²) in [6.07, 6.45) is 2.10. The summed E-state index contributed by atoms with van der Waals surface area (Å²) < 4.78 is 0. The molecule has 0 aromatic heterocycles. The van der Waals surface area contributed by atoms with E-state index in [9.17, 15) is 9.59 Å². The van der Waals surface area contributed by atoms with Crippen molar-refractivity contribution in [1.82, 2.24) is 15.1 Å². The van der Waals surface area contributed by atoms with Gasteiger partial charge in [0, 0.05) is 45.0 Å². The molecule has 8 heteroatoms. The zero-order chi connectivity index (χ0) is 17.8. The average molecular weight is 385 g/mol. The molecule has 2 aliphatic heterocycles. The van der Waals surface area contributed by atoms with Gasteiger partial charge in [-0.05, 0) is 31.0 Å². The van der Waals surface area contributed by atoms with Crippen molar-refractivity contribution in [3.8, 4) is 0 Å². The molecule has 2 heterocycles. The number of likely N-dealkylation sites (tertiary alicyclic amines) is 1. The molecule has 0 saturated carbocycles. The third-order valence-corrected chi connectivity index (χ3v) is 5.42. The van der Waals surface area contributed by atoms with Gasteiger partial charge in [0.1, 0.15) is 0 Å². The Balaban J connectivity index is 1.45. The summed E-state index contributed by atoms with van der Waals surface area (Å²) in [5.41, 5.74) is 0.999. The van der Waals surface area contributed by atoms with E-state index in [4.69, 9.17) is 23.2 Å². The summed E-state index contributed by atoms with van der Waals surface area (Å²) in [6.45, 7) is 4.31. The van der Waals surface area contributed by atoms with Gasteiger partial charge in [0.15, 0.2) is 0 Å². The number of carbonyl (C=O) groups excluding carboxylic acids is 2. The monoisotopic (exact) mass is 384 g/mol. The number of benzene rings is 1. The summed E-state index contributed by atoms with van der Waals surface area (Å²) >= 11 is 12.0. The predicted octanol–water partition coefficient (Wildman–Crippen LogP) is 2.45. The molecule has 2 aliphatic rings. The van der Waals surface area contributed by atoms with Gasteiger partial charge in [-0.3, -0.25) is 4.79 Å². The first kappa shape index (κ1) is 18.1. The van der Waals surface area contributed by atoms with Crippen LogP contribution in [0.25, 0.3) is 0 Å². The van der Waals surface area contributed by atoms with Gasteiger partial charge in [0.25, 0.3) is 0 Å². The molecule has 136 valence electrons. The summed E-state index contributed by atoms with van der Waals surface area (Å²) in [5, 5.41) is 3.80. The number of amides is 3. The van der Waals surface area contributed by atoms with Crippen molar-refractivity contribution >= 4 is 40.8 Å². The van der Waals surface area contributed by atoms with Crippen molar-refractivity contribution in [2.24, 2.45) is 0 Å². The Hall–Kier alpha value is -1.66. The largest absolute Gasteiger partial charge is 0.368 e. The van der Waals surface area contributed by atoms with E-state index in [1.54, 1.807) is 11.0 Å². The van der Waals surface area contributed by atoms with Gasteiger partial charge in [-0.1, -0.05) is 23.2 Å². The maximum Gasteiger partial charge on any atom is 0.317 e. The van der Waals surface area contributed by atoms with Crippen LogP contribution in [0.4, 0.5) is 10.5 Å². The Bertz CT molecular complexity index is 642. The first-order valence-electron chi connectivity index (χ1n) is 8.55. The number of piperazine rings is 1. The van der Waals surface area contributed by atoms with Crippen LogP contribution in [0.1, 0.15) is 12.8 Å². The van der Waals surface area contributed by atoms with Gasteiger partial charge in [-0.15, -0.1) is 0 Å². The minimum atomic E-state index is -0.179. The molecule has 0 unspecified atom stereocenters. The quantitative estimate of drug-likeness (QED) is 0.870. The van der Waals surface area contributed by atoms with Gasteiger partial charge >= 0.3 is 6.03 Å². The Morgan fingerprint density at radius 1 is 0.920 bits per heavy atom. The summed E-state index contributed by atoms with van der Waals surface area (Å²) in [4.78, 5) is 30.0. The molecule has 1 aromatic rings. The number of nitrogens with one attached hydrogen (secondary N) is 1. The van der Waals surface area contributed by atoms with Crippen LogP contribution in [0, 0.1) is 0 Å². The molecule has 0 radical (unpaired) electrons. The van der Waals surface area contributed by atoms with Crippen LogP contribution in [0.3, 0.4) is 0 Å². The predicted molar refractivity (Wildman–Crippen MR) is 99.5 cm³/mol. The van der Waals surface area contributed by atoms with Gasteiger partial charge in [0.2, 0.25) is 5.91 Å². The van der Waals surface area contributed by atoms with Crippen LogP contribution in [0.15, 0.2) is 18.2 Å². The zero-order valence-corrected chi connectivity index (χ0v) is 15.5. The number of halogens is 2. The second-order valence-corrected chi connectivity index (χ2v) is 7.13. The fraction of sp³-hybridized carbons (Fsp3) is 0.529. The van der Waals surface area contributed by atoms with Crippen LogP contribution in [-0.2, 0) is 4.79 Å². The lowest BCUT2D eigenvalue weighted by atomic mass is 10.2. The van der Waals surface area contributed by atoms with E-state index in [1.807, 2.05) is 17.0 Å². The van der Waals surface area contributed by atoms with E-state index in [0.29, 0.717) is 36.2 Å². The van der Waals surface area contributed by atoms with Gasteiger partial charge in [-0.25, -0.2) is 4.79 Å². The molecule has 25 heavy (non-hydrogen) atoms. The molecule has 6 nitrogen and oxygen atoms in total. The van der Waals surface area contributed by atoms with E-state index in [0.717, 1.165) is 31.6 Å². The van der Waals surface area contributed by atoms with Crippen molar-refractivity contribution in [2.75, 3.05) is 50.7 Å². The Labute approximate surface area is 157 Å². The summed E-state index contributed by atoms with van der Waals surface area (Å²) in [5.74, 6) is 0.000270. The van der Waals surface area contributed by atoms with Crippen LogP contribution < -0.4 is 10.2 Å². The number of hydrogen-bond acceptors (Lipinski definition) is 3. The maximum atomic E-state index is 12.2. The normalized spacial score (nSPS) is 17.8. The number of urea groups is 1. The number of anilines is 1. The highest BCUT2D eigenvalue weighted by Crippen LogP contribution is 2.27. The van der Waals surface area contributed by atoms with Gasteiger partial charge in [0.05, 0.1) is 16.6 Å². The molecular formula is C17H22Cl2N4O2. The standard InChI is InChI=1S/C17H22Cl2N4O2/c18-14-4-3-13(11-15(14)19)21-7-9-23(10-8-21)17(25)20-12-16(24)22-5-1-2-6-22/h3-4,11H,1-2,5-10,12H2,(H,20,25). The van der Waals surface area contributed by atoms with Gasteiger partial charge < -0.3 is 20.0 Å². The number of hydrogen-bond donors (Lipinski definition) is 1. The lowest BCUT2D eigenvalue weighted by molar-refractivity contribution is -0.129. The number of rotatable bonds is 3. The lowest BCUT2D eigenvalue weighted by Crippen LogP contribution is -2.53. The van der Waals surface area contributed by atoms with E-state index in [-0.39, 0.29) is 18.5 Å². The fourth-order valence-electron chi connectivity index (χ4n) is 3.19. The first-order chi connectivity index (χ1) is 12.0. The van der Waals surface area contributed by atoms with E-state index in [1.165, 1.54) is 0 Å². The third-order valence-electron chi connectivity index (χ3n) is 4.68. The molecule has 0 bridgehead atoms. The first-order valence-corrected chi connectivity index (χ1v) is 9.31. The van der Waals surface area contributed by atoms with E-state index in [2.05, 4.69) is 10.2 Å². The molecular weight excluding hydrogens is 363 g/mol. The molecule has 0 atom stereocenters. The van der Waals surface area contributed by atoms with Crippen molar-refractivity contribution < 1.29 is 9.59 Å². The minimum Gasteiger partial charge on any atom is -0.368 e. The van der Waals surface area contributed by atoms with Crippen LogP contribution in [-0.4, -0.2) is 67.6 Å². The van der Waals surface area contributed by atoms with E-state index < -0.39 is 0 Å². The van der Waals surface area contributed by atoms with E-state index >= 15 is 0 Å². The second kappa shape index (κ2) is 8.15. The SMILES string of the molecule is O=C(CNC(=O)N1CCN(c2ccc(Cl)c(Cl)c2)CC1)N1CCCC1. The zero-order valence-electron chi connectivity index (χ0n) is 14.0. The molecule has 1 N–H and O–H groups in total. The highest BCUT2D eigenvalue weighted by Gasteiger charge is 2.23. The van der Waals surface area contributed by atoms with Crippen LogP contribution in [0.5, 0.6) is 0 Å². The Morgan fingerprint density at radius 3 is 2.24 bits per heavy atom. The average Bonchev–Trinajstić information content (AvgIpc) is 3.16. The Morgan fingerprint density at radius 2 is 1.60 bits per heavy atom. The van der Waals surface area contributed by atoms with Crippen molar-refractivity contribution in [3.05, 3.63) is 28.2 Å². The van der Waals surface area contributed by atoms with Crippen molar-refractivity contribution in [1.29, 1.82) is 0 Å². The highest BCUT2D eigenvalue weighted by molar-refractivity contribution is 6.42. The molecule has 1 aromatic carbocycles. The van der Waals surface area contributed by atoms with Crippen LogP contribution >= 0.6 is 23.2 Å². The van der Waals surface area contributed by atoms with Crippen molar-refractivity contribution in [3.63, 3.8) is 0 Å². The smallest absolute Gasteiger partial charge is 0.317 e. The minimum absolute atomic E-state index is 0.000270. The lowest BCUT2D eigenvalue weighted by Gasteiger charge is -2.36. The molecule has 2 saturated heterocycles. The Kier molecular flexibility index (Phi) is 5.91.